The van der Waals surface area contributed by atoms with E-state index in [0.29, 0.717) is 40.2 Å². The van der Waals surface area contributed by atoms with E-state index in [9.17, 15) is 28.1 Å². The first kappa shape index (κ1) is 121. The van der Waals surface area contributed by atoms with Crippen LogP contribution in [0.3, 0.4) is 0 Å². The molecule has 0 saturated carbocycles. The zero-order valence-corrected chi connectivity index (χ0v) is 92.6. The number of imidazole rings is 3. The van der Waals surface area contributed by atoms with Crippen molar-refractivity contribution in [3.63, 3.8) is 0 Å². The van der Waals surface area contributed by atoms with Gasteiger partial charge in [0, 0.05) is 200 Å². The van der Waals surface area contributed by atoms with Gasteiger partial charge in [-0.3, -0.25) is 42.2 Å². The molecule has 150 heavy (non-hydrogen) atoms. The van der Waals surface area contributed by atoms with Gasteiger partial charge in [0.2, 0.25) is 0 Å². The van der Waals surface area contributed by atoms with Gasteiger partial charge in [-0.15, -0.1) is 105 Å². The third-order valence-electron chi connectivity index (χ3n) is 22.5. The van der Waals surface area contributed by atoms with E-state index in [1.807, 2.05) is 160 Å². The van der Waals surface area contributed by atoms with Crippen LogP contribution in [0.5, 0.6) is 0 Å². The van der Waals surface area contributed by atoms with E-state index < -0.39 is 23.3 Å². The van der Waals surface area contributed by atoms with E-state index >= 15 is 0 Å². The Kier molecular flexibility index (Phi) is 45.6. The number of para-hydroxylation sites is 10. The molecule has 0 unspecified atom stereocenters. The summed E-state index contributed by atoms with van der Waals surface area (Å²) in [5.74, 6) is 1.08. The minimum absolute atomic E-state index is 0. The van der Waals surface area contributed by atoms with E-state index in [2.05, 4.69) is 193 Å². The fourth-order valence-electron chi connectivity index (χ4n) is 15.8. The van der Waals surface area contributed by atoms with Crippen molar-refractivity contribution < 1.29 is 118 Å². The van der Waals surface area contributed by atoms with Crippen LogP contribution in [0.15, 0.2) is 286 Å². The Hall–Kier alpha value is -16.2. The molecular weight excluding hydrogens is 2780 g/mol. The first-order chi connectivity index (χ1) is 69.4. The standard InChI is InChI=1S/C23H20FN4.C22H21FN3.C18H14N3.C15H7FN4.C14H9N3.C13H7FN4.C10H6N3.2CH4.5Ir/c1-14(2)17-8-6-9-18(15(3)4)22(17)28-13-16(12-25)27-23(28)19-10-7-11-20(26-5)21(19)24;1-14(2)17-9-7-10-18(15(3)4)21(17)26-13-16(12-24)25-22(26)19-8-5-6-11-20(19)23;1-13-8-7-9-14(2)17(13)21-12-16(19-3)20-18(21)15-10-5-4-6-11-15;1-18-11-5-4-8-14(15(11)16)20-10-19(9-17)12-6-2-3-7-13(12)20;15-10-16-11-17(12-6-2-1-3-7-12)14-9-5-4-8-13(14)16;14-10-3-1-2-4-11(10)18-9-17(8-15)13-7-16-6-5-12(13)18;1-11-10-7-8-13(12-10)9-5-3-2-4-6-9;;;;;;;/h6-9,11,13-15H,1-4H3;5-7,9-11,13-15H,1-4H3;4-10,12H,1-2H3;2-7,10H;1-6,8-9,11H;1-3,5-7,9H;2-5,7-8H;2*1H4;;;;;/q3*-1;3*-2;-1;;;;;;;. The van der Waals surface area contributed by atoms with E-state index in [0.717, 1.165) is 84.6 Å². The van der Waals surface area contributed by atoms with Crippen molar-refractivity contribution in [2.75, 3.05) is 29.4 Å². The summed E-state index contributed by atoms with van der Waals surface area (Å²) in [5, 5.41) is 50.0. The Balaban J connectivity index is 0.000000237. The number of benzene rings is 12. The van der Waals surface area contributed by atoms with Crippen molar-refractivity contribution >= 4 is 74.2 Å². The van der Waals surface area contributed by atoms with Gasteiger partial charge < -0.3 is 52.8 Å². The average molecular weight is 2870 g/mol. The summed E-state index contributed by atoms with van der Waals surface area (Å²) in [5.41, 5.74) is 17.9. The van der Waals surface area contributed by atoms with Crippen LogP contribution in [0.4, 0.5) is 91.8 Å². The number of rotatable bonds is 14. The van der Waals surface area contributed by atoms with Crippen molar-refractivity contribution in [1.82, 2.24) is 43.4 Å². The molecule has 5 aromatic heterocycles. The molecule has 0 spiro atoms. The van der Waals surface area contributed by atoms with Crippen molar-refractivity contribution in [3.8, 4) is 87.6 Å². The Bertz CT molecular complexity index is 7830. The second-order valence-corrected chi connectivity index (χ2v) is 33.0. The fraction of sp³-hybridized carbons (Fsp3) is 0.137. The fourth-order valence-corrected chi connectivity index (χ4v) is 15.8. The number of halogens is 4. The van der Waals surface area contributed by atoms with Crippen molar-refractivity contribution in [3.05, 3.63) is 462 Å². The number of hydrogen-bond donors (Lipinski definition) is 0. The van der Waals surface area contributed by atoms with Crippen LogP contribution in [-0.2, 0) is 101 Å². The first-order valence-corrected chi connectivity index (χ1v) is 44.6. The molecule has 12 aromatic carbocycles. The molecular formula is C117H92F4Ir5N24-10. The topological polar surface area (TPSA) is 240 Å². The summed E-state index contributed by atoms with van der Waals surface area (Å²) in [7, 11) is 0. The van der Waals surface area contributed by atoms with Gasteiger partial charge in [0.25, 0.3) is 11.6 Å². The summed E-state index contributed by atoms with van der Waals surface area (Å²) >= 11 is 0. The number of hydrogen-bond acceptors (Lipinski definition) is 16. The summed E-state index contributed by atoms with van der Waals surface area (Å²) in [6.07, 6.45) is 16.2. The molecule has 17 aromatic rings. The molecule has 3 aliphatic rings. The predicted molar refractivity (Wildman–Crippen MR) is 556 cm³/mol. The van der Waals surface area contributed by atoms with Gasteiger partial charge in [-0.25, -0.2) is 0 Å². The monoisotopic (exact) mass is 2870 g/mol. The van der Waals surface area contributed by atoms with Crippen LogP contribution in [0.1, 0.15) is 139 Å². The molecule has 0 bridgehead atoms. The molecule has 3 aliphatic heterocycles. The number of nitriles is 5. The summed E-state index contributed by atoms with van der Waals surface area (Å²) in [6, 6.07) is 99.6. The average Bonchev–Trinajstić information content (AvgIpc) is 1.55. The van der Waals surface area contributed by atoms with Gasteiger partial charge in [0.15, 0.2) is 24.4 Å². The van der Waals surface area contributed by atoms with Gasteiger partial charge >= 0.3 is 0 Å². The second-order valence-electron chi connectivity index (χ2n) is 33.0. The molecule has 24 nitrogen and oxygen atoms in total. The third kappa shape index (κ3) is 27.2. The summed E-state index contributed by atoms with van der Waals surface area (Å²) < 4.78 is 64.6. The van der Waals surface area contributed by atoms with Gasteiger partial charge in [0.1, 0.15) is 34.9 Å². The Labute approximate surface area is 940 Å². The Morgan fingerprint density at radius 3 is 1.25 bits per heavy atom. The SMILES string of the molecule is C.C.CC(C)c1cccc(C(C)C)c1-n1cc(C#N)nc1-c1[c-]cccc1F.N#CN1[CH-]N(c2[c-]cccc2)c2ccccc21.N#CN1[CH-]N(c2[c-]cccc2F)c2ccncc21.[C-]#[N+]c1cc[c-]c(-c2nc(C#N)cn2-c2c(C(C)C)cccc2C(C)C)c1F.[C-]#[N+]c1cc[c-]c(N2[CH-]N(C#N)c3ccccc32)c1F.[C-]#[N+]c1ccn(-c2[c-]cccc2)n1.[C-]#[N+]c1cn(-c2c(C)cccc2C)c(-c2[c-]cccc2)n1.[Ir].[Ir].[Ir].[Ir].[Ir]. The smallest absolute Gasteiger partial charge is 0.295 e. The molecule has 5 radical (unpaired) electrons. The molecule has 0 fully saturated rings. The number of aromatic nitrogens is 9. The van der Waals surface area contributed by atoms with Crippen LogP contribution < -0.4 is 29.4 Å². The predicted octanol–water partition coefficient (Wildman–Crippen LogP) is 29.1. The number of anilines is 9. The Morgan fingerprint density at radius 2 is 0.780 bits per heavy atom. The second kappa shape index (κ2) is 56.7. The molecule has 33 heteroatoms. The van der Waals surface area contributed by atoms with E-state index in [4.69, 9.17) is 42.1 Å². The van der Waals surface area contributed by atoms with E-state index in [1.165, 1.54) is 64.4 Å². The van der Waals surface area contributed by atoms with Gasteiger partial charge in [-0.2, -0.15) is 133 Å². The molecule has 763 valence electrons. The minimum atomic E-state index is -0.679. The largest absolute Gasteiger partial charge is 0.493 e. The molecule has 0 atom stereocenters. The molecule has 0 aliphatic carbocycles. The van der Waals surface area contributed by atoms with Gasteiger partial charge in [0.05, 0.1) is 36.7 Å². The molecule has 0 amide bonds. The zero-order chi connectivity index (χ0) is 101. The normalized spacial score (nSPS) is 11.0. The third-order valence-corrected chi connectivity index (χ3v) is 22.5. The number of aryl methyl sites for hydroxylation is 2. The van der Waals surface area contributed by atoms with Crippen molar-refractivity contribution in [2.45, 2.75) is 108 Å². The molecule has 20 rings (SSSR count). The maximum atomic E-state index is 14.9. The van der Waals surface area contributed by atoms with Gasteiger partial charge in [-0.05, 0) is 118 Å². The van der Waals surface area contributed by atoms with Crippen molar-refractivity contribution in [1.29, 1.82) is 26.3 Å². The number of nitrogens with zero attached hydrogens (tertiary/aromatic N) is 24. The summed E-state index contributed by atoms with van der Waals surface area (Å²) in [6.45, 7) is 53.9. The Morgan fingerprint density at radius 1 is 0.360 bits per heavy atom. The molecule has 0 N–H and O–H groups in total. The number of pyridine rings is 1. The van der Waals surface area contributed by atoms with Crippen LogP contribution in [0.2, 0.25) is 0 Å². The minimum Gasteiger partial charge on any atom is -0.493 e. The first-order valence-electron chi connectivity index (χ1n) is 44.6. The van der Waals surface area contributed by atoms with Crippen LogP contribution in [0.25, 0.3) is 76.3 Å². The van der Waals surface area contributed by atoms with E-state index in [-0.39, 0.29) is 190 Å². The maximum Gasteiger partial charge on any atom is 0.295 e. The van der Waals surface area contributed by atoms with Crippen molar-refractivity contribution in [2.24, 2.45) is 0 Å². The quantitative estimate of drug-likeness (QED) is 0.0558. The number of fused-ring (bicyclic) bond motifs is 3. The maximum absolute atomic E-state index is 14.9. The van der Waals surface area contributed by atoms with Crippen LogP contribution >= 0.6 is 0 Å². The van der Waals surface area contributed by atoms with Crippen LogP contribution in [-0.4, -0.2) is 43.4 Å². The summed E-state index contributed by atoms with van der Waals surface area (Å²) in [4.78, 5) is 39.4. The zero-order valence-electron chi connectivity index (χ0n) is 80.6. The van der Waals surface area contributed by atoms with E-state index in [1.54, 1.807) is 124 Å². The van der Waals surface area contributed by atoms with Crippen LogP contribution in [0, 0.1) is 183 Å². The molecule has 0 saturated heterocycles. The van der Waals surface area contributed by atoms with Gasteiger partial charge in [-0.1, -0.05) is 190 Å². The molecule has 8 heterocycles.